The van der Waals surface area contributed by atoms with Crippen LogP contribution in [0.2, 0.25) is 0 Å². The maximum atomic E-state index is 12.9. The van der Waals surface area contributed by atoms with Crippen LogP contribution in [0.15, 0.2) is 96.6 Å². The van der Waals surface area contributed by atoms with Crippen LogP contribution in [0, 0.1) is 0 Å². The number of allylic oxidation sites excluding steroid dienone is 2. The zero-order valence-electron chi connectivity index (χ0n) is 20.1. The molecular formula is C29H16Na2O6. The number of rotatable bonds is 4. The summed E-state index contributed by atoms with van der Waals surface area (Å²) in [5, 5.41) is 35.2. The number of aliphatic carboxylic acids is 1. The quantitative estimate of drug-likeness (QED) is 0.241. The molecule has 1 N–H and O–H groups in total. The van der Waals surface area contributed by atoms with Crippen LogP contribution in [0.3, 0.4) is 0 Å². The van der Waals surface area contributed by atoms with Crippen LogP contribution in [0.4, 0.5) is 0 Å². The van der Waals surface area contributed by atoms with Crippen molar-refractivity contribution in [3.05, 3.63) is 124 Å². The van der Waals surface area contributed by atoms with E-state index in [0.29, 0.717) is 33.2 Å². The molecule has 0 spiro atoms. The molecule has 170 valence electrons. The largest absolute Gasteiger partial charge is 1.00 e. The summed E-state index contributed by atoms with van der Waals surface area (Å²) in [6.07, 6.45) is 1.31. The predicted molar refractivity (Wildman–Crippen MR) is 127 cm³/mol. The molecule has 0 bridgehead atoms. The monoisotopic (exact) mass is 506 g/mol. The van der Waals surface area contributed by atoms with Crippen molar-refractivity contribution in [3.63, 3.8) is 0 Å². The number of benzene rings is 4. The van der Waals surface area contributed by atoms with Gasteiger partial charge in [0.2, 0.25) is 5.78 Å². The fourth-order valence-corrected chi connectivity index (χ4v) is 4.48. The van der Waals surface area contributed by atoms with Gasteiger partial charge < -0.3 is 20.1 Å². The van der Waals surface area contributed by atoms with Gasteiger partial charge in [-0.05, 0) is 56.3 Å². The first-order chi connectivity index (χ1) is 16.9. The normalized spacial score (nSPS) is 13.5. The zero-order valence-corrected chi connectivity index (χ0v) is 24.1. The van der Waals surface area contributed by atoms with Gasteiger partial charge in [-0.1, -0.05) is 84.6 Å². The van der Waals surface area contributed by atoms with Crippen molar-refractivity contribution >= 4 is 39.6 Å². The summed E-state index contributed by atoms with van der Waals surface area (Å²) >= 11 is 0. The van der Waals surface area contributed by atoms with E-state index in [-0.39, 0.29) is 70.1 Å². The summed E-state index contributed by atoms with van der Waals surface area (Å²) in [5.41, 5.74) is 1.80. The standard InChI is InChI=1S/C29H18O6.2Na/c30-26-19-12-6-4-10-17(19)21(14-23(26)28(32)33)25(16-8-2-1-3-9-16)22-15-24(29(34)35)27(31)20-13-7-5-11-18(20)22;;/h1-15,30H,(H,32,33)(H,34,35);;/q;2*+1/p-2/b25-22-;;. The van der Waals surface area contributed by atoms with Crippen molar-refractivity contribution in [2.45, 2.75) is 0 Å². The van der Waals surface area contributed by atoms with Crippen molar-refractivity contribution in [1.82, 2.24) is 0 Å². The maximum Gasteiger partial charge on any atom is 1.00 e. The summed E-state index contributed by atoms with van der Waals surface area (Å²) in [7, 11) is 0. The summed E-state index contributed by atoms with van der Waals surface area (Å²) in [4.78, 5) is 36.8. The molecule has 8 heteroatoms. The van der Waals surface area contributed by atoms with Gasteiger partial charge in [0.1, 0.15) is 5.57 Å². The number of carbonyl (C=O) groups is 3. The fraction of sp³-hybridized carbons (Fsp3) is 0. The van der Waals surface area contributed by atoms with Crippen LogP contribution in [0.25, 0.3) is 21.9 Å². The first-order valence-electron chi connectivity index (χ1n) is 10.7. The van der Waals surface area contributed by atoms with Crippen molar-refractivity contribution in [2.75, 3.05) is 0 Å². The van der Waals surface area contributed by atoms with Gasteiger partial charge in [0.25, 0.3) is 0 Å². The molecule has 1 aliphatic rings. The summed E-state index contributed by atoms with van der Waals surface area (Å²) in [5.74, 6) is -4.26. The van der Waals surface area contributed by atoms with E-state index in [0.717, 1.165) is 0 Å². The fourth-order valence-electron chi connectivity index (χ4n) is 4.48. The first kappa shape index (κ1) is 28.6. The molecule has 6 nitrogen and oxygen atoms in total. The van der Waals surface area contributed by atoms with E-state index in [4.69, 9.17) is 0 Å². The molecule has 5 rings (SSSR count). The van der Waals surface area contributed by atoms with Gasteiger partial charge in [0.05, 0.1) is 5.97 Å². The van der Waals surface area contributed by atoms with Crippen LogP contribution in [0.5, 0.6) is 5.75 Å². The Bertz CT molecular complexity index is 1620. The summed E-state index contributed by atoms with van der Waals surface area (Å²) in [6.45, 7) is 0. The number of Topliss-reactive ketones (excluding diaryl/α,β-unsaturated/α-hetero) is 1. The molecule has 0 aliphatic heterocycles. The molecular weight excluding hydrogens is 490 g/mol. The summed E-state index contributed by atoms with van der Waals surface area (Å²) in [6, 6.07) is 23.5. The van der Waals surface area contributed by atoms with Crippen molar-refractivity contribution in [3.8, 4) is 5.75 Å². The molecule has 0 radical (unpaired) electrons. The number of hydrogen-bond donors (Lipinski definition) is 1. The minimum Gasteiger partial charge on any atom is -0.872 e. The minimum atomic E-state index is -1.61. The Morgan fingerprint density at radius 3 is 1.92 bits per heavy atom. The third kappa shape index (κ3) is 5.09. The Morgan fingerprint density at radius 2 is 1.30 bits per heavy atom. The van der Waals surface area contributed by atoms with Gasteiger partial charge in [-0.3, -0.25) is 4.79 Å². The molecule has 0 saturated heterocycles. The number of fused-ring (bicyclic) bond motifs is 2. The Hall–Kier alpha value is -2.97. The number of hydrogen-bond acceptors (Lipinski definition) is 5. The number of aromatic carboxylic acids is 1. The molecule has 0 amide bonds. The molecule has 0 heterocycles. The topological polar surface area (TPSA) is 118 Å². The number of carboxylic acid groups (broad SMARTS) is 2. The second-order valence-electron chi connectivity index (χ2n) is 8.03. The van der Waals surface area contributed by atoms with E-state index in [1.165, 1.54) is 18.2 Å². The van der Waals surface area contributed by atoms with E-state index in [1.54, 1.807) is 66.7 Å². The van der Waals surface area contributed by atoms with Gasteiger partial charge in [-0.25, -0.2) is 4.79 Å². The smallest absolute Gasteiger partial charge is 0.872 e. The van der Waals surface area contributed by atoms with E-state index >= 15 is 0 Å². The molecule has 0 aromatic heterocycles. The average Bonchev–Trinajstić information content (AvgIpc) is 2.87. The van der Waals surface area contributed by atoms with Gasteiger partial charge >= 0.3 is 65.1 Å². The number of carboxylic acids is 2. The molecule has 4 aromatic rings. The SMILES string of the molecule is O=C(O)C1=C/C(=C(\c2ccccc2)c2cc(C(=O)[O-])c([O-])c3ccccc23)c2ccccc2C1=O.[Na+].[Na+]. The number of carbonyl (C=O) groups excluding carboxylic acids is 2. The third-order valence-corrected chi connectivity index (χ3v) is 6.04. The molecule has 1 aliphatic carbocycles. The van der Waals surface area contributed by atoms with Crippen molar-refractivity contribution in [1.29, 1.82) is 0 Å². The van der Waals surface area contributed by atoms with E-state index in [2.05, 4.69) is 0 Å². The molecule has 4 aromatic carbocycles. The second kappa shape index (κ2) is 11.6. The molecule has 37 heavy (non-hydrogen) atoms. The van der Waals surface area contributed by atoms with Crippen molar-refractivity contribution < 1.29 is 88.8 Å². The van der Waals surface area contributed by atoms with Crippen LogP contribution in [0.1, 0.15) is 37.4 Å². The van der Waals surface area contributed by atoms with Gasteiger partial charge in [-0.15, -0.1) is 0 Å². The molecule has 0 saturated carbocycles. The van der Waals surface area contributed by atoms with Crippen LogP contribution in [-0.4, -0.2) is 22.8 Å². The van der Waals surface area contributed by atoms with Gasteiger partial charge in [0, 0.05) is 5.56 Å². The van der Waals surface area contributed by atoms with Gasteiger partial charge in [0.15, 0.2) is 0 Å². The molecule has 0 unspecified atom stereocenters. The third-order valence-electron chi connectivity index (χ3n) is 6.04. The minimum absolute atomic E-state index is 0. The maximum absolute atomic E-state index is 12.9. The van der Waals surface area contributed by atoms with Crippen LogP contribution >= 0.6 is 0 Å². The van der Waals surface area contributed by atoms with Crippen LogP contribution < -0.4 is 69.3 Å². The summed E-state index contributed by atoms with van der Waals surface area (Å²) < 4.78 is 0. The molecule has 0 atom stereocenters. The molecule has 0 fully saturated rings. The average molecular weight is 506 g/mol. The Kier molecular flexibility index (Phi) is 8.97. The van der Waals surface area contributed by atoms with Crippen molar-refractivity contribution in [2.24, 2.45) is 0 Å². The van der Waals surface area contributed by atoms with Gasteiger partial charge in [-0.2, -0.15) is 0 Å². The Morgan fingerprint density at radius 1 is 0.730 bits per heavy atom. The zero-order chi connectivity index (χ0) is 24.7. The first-order valence-corrected chi connectivity index (χ1v) is 10.7. The second-order valence-corrected chi connectivity index (χ2v) is 8.03. The van der Waals surface area contributed by atoms with Crippen LogP contribution in [-0.2, 0) is 4.79 Å². The number of ketones is 1. The van der Waals surface area contributed by atoms with E-state index in [9.17, 15) is 29.7 Å². The Labute approximate surface area is 256 Å². The Balaban J connectivity index is 0.00000190. The predicted octanol–water partition coefficient (Wildman–Crippen LogP) is -2.55. The van der Waals surface area contributed by atoms with E-state index in [1.807, 2.05) is 6.07 Å². The van der Waals surface area contributed by atoms with E-state index < -0.39 is 34.6 Å².